The number of hydrogen-bond acceptors (Lipinski definition) is 1. The van der Waals surface area contributed by atoms with Crippen LogP contribution in [0.3, 0.4) is 0 Å². The summed E-state index contributed by atoms with van der Waals surface area (Å²) in [7, 11) is 0. The van der Waals surface area contributed by atoms with Gasteiger partial charge in [0.25, 0.3) is 0 Å². The zero-order valence-corrected chi connectivity index (χ0v) is 11.4. The van der Waals surface area contributed by atoms with Gasteiger partial charge in [0, 0.05) is 6.61 Å². The molecule has 0 aromatic heterocycles. The number of rotatable bonds is 0. The summed E-state index contributed by atoms with van der Waals surface area (Å²) in [6, 6.07) is 0. The van der Waals surface area contributed by atoms with Gasteiger partial charge in [0.15, 0.2) is 0 Å². The van der Waals surface area contributed by atoms with Gasteiger partial charge in [-0.25, -0.2) is 0 Å². The summed E-state index contributed by atoms with van der Waals surface area (Å²) in [6.07, 6.45) is 11.5. The van der Waals surface area contributed by atoms with Crippen molar-refractivity contribution in [1.82, 2.24) is 0 Å². The number of hydrogen-bond donors (Lipinski definition) is 0. The molecule has 1 aliphatic heterocycles. The highest BCUT2D eigenvalue weighted by molar-refractivity contribution is 5.17. The molecule has 0 radical (unpaired) electrons. The van der Waals surface area contributed by atoms with Gasteiger partial charge in [0.1, 0.15) is 0 Å². The van der Waals surface area contributed by atoms with Gasteiger partial charge in [-0.1, -0.05) is 20.3 Å². The largest absolute Gasteiger partial charge is 0.375 e. The molecule has 0 unspecified atom stereocenters. The van der Waals surface area contributed by atoms with Crippen molar-refractivity contribution in [2.45, 2.75) is 70.8 Å². The van der Waals surface area contributed by atoms with E-state index < -0.39 is 0 Å². The Morgan fingerprint density at radius 2 is 1.76 bits per heavy atom. The SMILES string of the molecule is CC1(C)CCC[C@]23CC[C@@]4(CC[C@@H]12)OCC[C@@H]43. The Morgan fingerprint density at radius 1 is 0.882 bits per heavy atom. The molecule has 2 bridgehead atoms. The average Bonchev–Trinajstić information content (AvgIpc) is 2.75. The highest BCUT2D eigenvalue weighted by Gasteiger charge is 2.67. The molecular formula is C16H26O. The van der Waals surface area contributed by atoms with Gasteiger partial charge in [-0.05, 0) is 67.6 Å². The lowest BCUT2D eigenvalue weighted by Crippen LogP contribution is -2.52. The first-order valence-electron chi connectivity index (χ1n) is 7.73. The van der Waals surface area contributed by atoms with Crippen molar-refractivity contribution in [1.29, 1.82) is 0 Å². The van der Waals surface area contributed by atoms with Crippen LogP contribution in [0.15, 0.2) is 0 Å². The zero-order chi connectivity index (χ0) is 11.7. The van der Waals surface area contributed by atoms with Crippen LogP contribution in [0.4, 0.5) is 0 Å². The zero-order valence-electron chi connectivity index (χ0n) is 11.4. The van der Waals surface area contributed by atoms with E-state index in [1.807, 2.05) is 0 Å². The third-order valence-corrected chi connectivity index (χ3v) is 7.10. The fraction of sp³-hybridized carbons (Fsp3) is 1.00. The maximum atomic E-state index is 6.25. The Labute approximate surface area is 105 Å². The molecule has 1 saturated heterocycles. The molecule has 1 heteroatoms. The summed E-state index contributed by atoms with van der Waals surface area (Å²) in [4.78, 5) is 0. The highest BCUT2D eigenvalue weighted by atomic mass is 16.5. The van der Waals surface area contributed by atoms with Crippen molar-refractivity contribution >= 4 is 0 Å². The van der Waals surface area contributed by atoms with Gasteiger partial charge in [-0.15, -0.1) is 0 Å². The monoisotopic (exact) mass is 234 g/mol. The summed E-state index contributed by atoms with van der Waals surface area (Å²) in [6.45, 7) is 6.14. The second kappa shape index (κ2) is 3.10. The van der Waals surface area contributed by atoms with Crippen LogP contribution in [0.25, 0.3) is 0 Å². The summed E-state index contributed by atoms with van der Waals surface area (Å²) in [5, 5.41) is 0. The van der Waals surface area contributed by atoms with Gasteiger partial charge in [-0.3, -0.25) is 0 Å². The van der Waals surface area contributed by atoms with Crippen LogP contribution in [0.1, 0.15) is 65.2 Å². The Hall–Kier alpha value is -0.0400. The molecule has 0 amide bonds. The van der Waals surface area contributed by atoms with Gasteiger partial charge < -0.3 is 4.74 Å². The Balaban J connectivity index is 1.79. The fourth-order valence-corrected chi connectivity index (χ4v) is 6.57. The first-order chi connectivity index (χ1) is 8.09. The van der Waals surface area contributed by atoms with E-state index in [9.17, 15) is 0 Å². The predicted octanol–water partition coefficient (Wildman–Crippen LogP) is 4.16. The molecule has 4 fully saturated rings. The van der Waals surface area contributed by atoms with Crippen molar-refractivity contribution in [2.75, 3.05) is 6.61 Å². The third kappa shape index (κ3) is 1.15. The maximum absolute atomic E-state index is 6.25. The highest BCUT2D eigenvalue weighted by Crippen LogP contribution is 2.71. The summed E-state index contributed by atoms with van der Waals surface area (Å²) < 4.78 is 6.25. The molecule has 0 N–H and O–H groups in total. The van der Waals surface area contributed by atoms with E-state index in [1.165, 1.54) is 51.4 Å². The molecule has 1 nitrogen and oxygen atoms in total. The summed E-state index contributed by atoms with van der Waals surface area (Å²) in [5.74, 6) is 1.92. The normalized spacial score (nSPS) is 55.4. The van der Waals surface area contributed by atoms with E-state index in [4.69, 9.17) is 4.74 Å². The van der Waals surface area contributed by atoms with E-state index in [0.29, 0.717) is 16.4 Å². The van der Waals surface area contributed by atoms with Crippen molar-refractivity contribution in [3.05, 3.63) is 0 Å². The molecule has 4 rings (SSSR count). The minimum absolute atomic E-state index is 0.351. The molecule has 17 heavy (non-hydrogen) atoms. The lowest BCUT2D eigenvalue weighted by atomic mass is 9.48. The minimum atomic E-state index is 0.351. The van der Waals surface area contributed by atoms with E-state index in [2.05, 4.69) is 13.8 Å². The van der Waals surface area contributed by atoms with Crippen LogP contribution >= 0.6 is 0 Å². The van der Waals surface area contributed by atoms with Crippen LogP contribution in [0.5, 0.6) is 0 Å². The van der Waals surface area contributed by atoms with Crippen LogP contribution in [0.2, 0.25) is 0 Å². The van der Waals surface area contributed by atoms with E-state index >= 15 is 0 Å². The van der Waals surface area contributed by atoms with Crippen LogP contribution in [0, 0.1) is 22.7 Å². The first kappa shape index (κ1) is 10.8. The minimum Gasteiger partial charge on any atom is -0.375 e. The fourth-order valence-electron chi connectivity index (χ4n) is 6.57. The topological polar surface area (TPSA) is 9.23 Å². The van der Waals surface area contributed by atoms with E-state index in [-0.39, 0.29) is 0 Å². The lowest BCUT2D eigenvalue weighted by molar-refractivity contribution is -0.117. The molecule has 3 aliphatic carbocycles. The van der Waals surface area contributed by atoms with Crippen LogP contribution in [-0.2, 0) is 4.74 Å². The molecule has 0 aromatic rings. The van der Waals surface area contributed by atoms with Crippen LogP contribution < -0.4 is 0 Å². The van der Waals surface area contributed by atoms with Gasteiger partial charge in [-0.2, -0.15) is 0 Å². The van der Waals surface area contributed by atoms with E-state index in [1.54, 1.807) is 0 Å². The maximum Gasteiger partial charge on any atom is 0.0717 e. The Bertz CT molecular complexity index is 347. The standard InChI is InChI=1S/C16H26O/c1-14(2)6-3-7-15-9-10-16(8-4-12(14)15)13(15)5-11-17-16/h12-13H,3-11H2,1-2H3/t12-,13+,15-,16+/m0/s1. The molecule has 1 spiro atoms. The summed E-state index contributed by atoms with van der Waals surface area (Å²) in [5.41, 5.74) is 1.64. The lowest BCUT2D eigenvalue weighted by Gasteiger charge is -2.57. The molecule has 1 heterocycles. The van der Waals surface area contributed by atoms with Crippen molar-refractivity contribution in [3.63, 3.8) is 0 Å². The van der Waals surface area contributed by atoms with Crippen molar-refractivity contribution in [3.8, 4) is 0 Å². The van der Waals surface area contributed by atoms with Gasteiger partial charge in [0.2, 0.25) is 0 Å². The molecule has 4 atom stereocenters. The third-order valence-electron chi connectivity index (χ3n) is 7.10. The second-order valence-electron chi connectivity index (χ2n) is 7.92. The van der Waals surface area contributed by atoms with Crippen molar-refractivity contribution in [2.24, 2.45) is 22.7 Å². The molecule has 4 aliphatic rings. The van der Waals surface area contributed by atoms with E-state index in [0.717, 1.165) is 18.4 Å². The predicted molar refractivity (Wildman–Crippen MR) is 68.8 cm³/mol. The molecular weight excluding hydrogens is 208 g/mol. The van der Waals surface area contributed by atoms with Crippen LogP contribution in [-0.4, -0.2) is 12.2 Å². The summed E-state index contributed by atoms with van der Waals surface area (Å²) >= 11 is 0. The van der Waals surface area contributed by atoms with Crippen molar-refractivity contribution < 1.29 is 4.74 Å². The van der Waals surface area contributed by atoms with Gasteiger partial charge >= 0.3 is 0 Å². The smallest absolute Gasteiger partial charge is 0.0717 e. The number of ether oxygens (including phenoxy) is 1. The average molecular weight is 234 g/mol. The molecule has 3 saturated carbocycles. The Morgan fingerprint density at radius 3 is 2.65 bits per heavy atom. The Kier molecular flexibility index (Phi) is 1.98. The van der Waals surface area contributed by atoms with Gasteiger partial charge in [0.05, 0.1) is 5.60 Å². The quantitative estimate of drug-likeness (QED) is 0.611. The first-order valence-corrected chi connectivity index (χ1v) is 7.73. The molecule has 96 valence electrons. The molecule has 0 aromatic carbocycles. The second-order valence-corrected chi connectivity index (χ2v) is 7.92.